The Morgan fingerprint density at radius 2 is 2.17 bits per heavy atom. The molecule has 0 saturated carbocycles. The van der Waals surface area contributed by atoms with Gasteiger partial charge in [-0.05, 0) is 49.2 Å². The highest BCUT2D eigenvalue weighted by Crippen LogP contribution is 2.22. The Hall–Kier alpha value is -2.70. The van der Waals surface area contributed by atoms with Gasteiger partial charge in [0.1, 0.15) is 0 Å². The molecule has 4 N–H and O–H groups in total. The molecule has 1 amide bonds. The van der Waals surface area contributed by atoms with Crippen LogP contribution in [0.1, 0.15) is 12.0 Å². The van der Waals surface area contributed by atoms with Gasteiger partial charge in [-0.1, -0.05) is 12.1 Å². The molecule has 0 spiro atoms. The van der Waals surface area contributed by atoms with Gasteiger partial charge in [0, 0.05) is 17.7 Å². The summed E-state index contributed by atoms with van der Waals surface area (Å²) in [5.74, 6) is -0.315. The summed E-state index contributed by atoms with van der Waals surface area (Å²) in [6.45, 7) is 1.91. The quantitative estimate of drug-likeness (QED) is 0.669. The second-order valence-electron chi connectivity index (χ2n) is 5.78. The maximum Gasteiger partial charge on any atom is 0.241 e. The van der Waals surface area contributed by atoms with Crippen LogP contribution in [0, 0.1) is 6.92 Å². The number of carbonyl (C=O) groups excluding carboxylic acids is 1. The zero-order valence-electron chi connectivity index (χ0n) is 13.4. The van der Waals surface area contributed by atoms with Gasteiger partial charge in [-0.25, -0.2) is 4.68 Å². The van der Waals surface area contributed by atoms with Gasteiger partial charge in [-0.15, -0.1) is 0 Å². The van der Waals surface area contributed by atoms with E-state index in [1.807, 2.05) is 48.0 Å². The lowest BCUT2D eigenvalue weighted by Gasteiger charge is -2.11. The number of fused-ring (bicyclic) bond motifs is 1. The monoisotopic (exact) mass is 324 g/mol. The lowest BCUT2D eigenvalue weighted by molar-refractivity contribution is -0.117. The number of anilines is 1. The maximum absolute atomic E-state index is 12.0. The molecule has 0 radical (unpaired) electrons. The Kier molecular flexibility index (Phi) is 4.59. The summed E-state index contributed by atoms with van der Waals surface area (Å²) in [6, 6.07) is 12.9. The zero-order chi connectivity index (χ0) is 17.1. The van der Waals surface area contributed by atoms with Crippen molar-refractivity contribution >= 4 is 22.5 Å². The number of nitrogens with zero attached hydrogens (tertiary/aromatic N) is 2. The number of rotatable bonds is 5. The minimum atomic E-state index is -0.729. The Balaban J connectivity index is 1.93. The molecule has 0 aliphatic heterocycles. The molecule has 1 aromatic heterocycles. The molecule has 1 heterocycles. The van der Waals surface area contributed by atoms with Crippen molar-refractivity contribution in [1.82, 2.24) is 9.78 Å². The topological polar surface area (TPSA) is 93.2 Å². The highest BCUT2D eigenvalue weighted by molar-refractivity contribution is 5.96. The van der Waals surface area contributed by atoms with Gasteiger partial charge >= 0.3 is 0 Å². The minimum absolute atomic E-state index is 0.117. The summed E-state index contributed by atoms with van der Waals surface area (Å²) in [6.07, 6.45) is 2.02. The van der Waals surface area contributed by atoms with Crippen LogP contribution in [0.25, 0.3) is 16.6 Å². The standard InChI is InChI=1S/C18H20N4O2/c1-12-3-2-4-15(9-12)22-17-10-14(6-5-13(17)11-20-22)21-18(24)16(19)7-8-23/h2-6,9-11,16,23H,7-8,19H2,1H3,(H,21,24)/t16-/m1/s1. The molecule has 24 heavy (non-hydrogen) atoms. The third-order valence-corrected chi connectivity index (χ3v) is 3.86. The molecule has 0 aliphatic rings. The second kappa shape index (κ2) is 6.82. The number of aromatic nitrogens is 2. The molecule has 3 aromatic rings. The normalized spacial score (nSPS) is 12.3. The Morgan fingerprint density at radius 3 is 2.92 bits per heavy atom. The first-order valence-electron chi connectivity index (χ1n) is 7.80. The van der Waals surface area contributed by atoms with Gasteiger partial charge in [-0.2, -0.15) is 5.10 Å². The third kappa shape index (κ3) is 3.29. The number of aryl methyl sites for hydroxylation is 1. The van der Waals surface area contributed by atoms with Crippen LogP contribution in [0.2, 0.25) is 0 Å². The molecule has 0 bridgehead atoms. The molecular weight excluding hydrogens is 304 g/mol. The van der Waals surface area contributed by atoms with Crippen molar-refractivity contribution in [3.8, 4) is 5.69 Å². The minimum Gasteiger partial charge on any atom is -0.396 e. The average molecular weight is 324 g/mol. The van der Waals surface area contributed by atoms with Crippen LogP contribution in [0.4, 0.5) is 5.69 Å². The van der Waals surface area contributed by atoms with Gasteiger partial charge in [-0.3, -0.25) is 4.79 Å². The number of nitrogens with two attached hydrogens (primary N) is 1. The maximum atomic E-state index is 12.0. The van der Waals surface area contributed by atoms with Crippen molar-refractivity contribution in [2.45, 2.75) is 19.4 Å². The number of aliphatic hydroxyl groups excluding tert-OH is 1. The number of amides is 1. The van der Waals surface area contributed by atoms with E-state index in [1.165, 1.54) is 0 Å². The zero-order valence-corrected chi connectivity index (χ0v) is 13.4. The van der Waals surface area contributed by atoms with E-state index >= 15 is 0 Å². The molecular formula is C18H20N4O2. The van der Waals surface area contributed by atoms with E-state index < -0.39 is 6.04 Å². The van der Waals surface area contributed by atoms with E-state index in [1.54, 1.807) is 6.20 Å². The van der Waals surface area contributed by atoms with Gasteiger partial charge in [0.15, 0.2) is 0 Å². The van der Waals surface area contributed by atoms with Crippen LogP contribution in [-0.2, 0) is 4.79 Å². The number of aliphatic hydroxyl groups is 1. The second-order valence-corrected chi connectivity index (χ2v) is 5.78. The third-order valence-electron chi connectivity index (χ3n) is 3.86. The number of carbonyl (C=O) groups is 1. The number of hydrogen-bond acceptors (Lipinski definition) is 4. The van der Waals surface area contributed by atoms with Crippen molar-refractivity contribution in [1.29, 1.82) is 0 Å². The van der Waals surface area contributed by atoms with Crippen molar-refractivity contribution in [3.05, 3.63) is 54.2 Å². The molecule has 0 fully saturated rings. The smallest absolute Gasteiger partial charge is 0.241 e. The van der Waals surface area contributed by atoms with Crippen LogP contribution in [0.3, 0.4) is 0 Å². The predicted octanol–water partition coefficient (Wildman–Crippen LogP) is 1.98. The summed E-state index contributed by atoms with van der Waals surface area (Å²) in [7, 11) is 0. The summed E-state index contributed by atoms with van der Waals surface area (Å²) in [4.78, 5) is 12.0. The first-order valence-corrected chi connectivity index (χ1v) is 7.80. The molecule has 2 aromatic carbocycles. The van der Waals surface area contributed by atoms with Crippen molar-refractivity contribution in [2.75, 3.05) is 11.9 Å². The van der Waals surface area contributed by atoms with E-state index in [0.29, 0.717) is 5.69 Å². The largest absolute Gasteiger partial charge is 0.396 e. The summed E-state index contributed by atoms with van der Waals surface area (Å²) < 4.78 is 1.84. The fourth-order valence-corrected chi connectivity index (χ4v) is 2.57. The molecule has 0 saturated heterocycles. The van der Waals surface area contributed by atoms with Crippen LogP contribution in [0.5, 0.6) is 0 Å². The number of nitrogens with one attached hydrogen (secondary N) is 1. The molecule has 0 unspecified atom stereocenters. The van der Waals surface area contributed by atoms with Crippen LogP contribution in [-0.4, -0.2) is 33.4 Å². The van der Waals surface area contributed by atoms with Crippen molar-refractivity contribution in [3.63, 3.8) is 0 Å². The molecule has 6 nitrogen and oxygen atoms in total. The highest BCUT2D eigenvalue weighted by atomic mass is 16.3. The van der Waals surface area contributed by atoms with E-state index in [9.17, 15) is 4.79 Å². The first kappa shape index (κ1) is 16.2. The fraction of sp³-hybridized carbons (Fsp3) is 0.222. The van der Waals surface area contributed by atoms with E-state index in [2.05, 4.69) is 16.5 Å². The fourth-order valence-electron chi connectivity index (χ4n) is 2.57. The van der Waals surface area contributed by atoms with Crippen LogP contribution < -0.4 is 11.1 Å². The lowest BCUT2D eigenvalue weighted by Crippen LogP contribution is -2.36. The molecule has 6 heteroatoms. The SMILES string of the molecule is Cc1cccc(-n2ncc3ccc(NC(=O)[C@H](N)CCO)cc32)c1. The van der Waals surface area contributed by atoms with Gasteiger partial charge in [0.05, 0.1) is 23.4 Å². The molecule has 1 atom stereocenters. The van der Waals surface area contributed by atoms with Gasteiger partial charge in [0.2, 0.25) is 5.91 Å². The molecule has 3 rings (SSSR count). The highest BCUT2D eigenvalue weighted by Gasteiger charge is 2.13. The summed E-state index contributed by atoms with van der Waals surface area (Å²) in [5, 5.41) is 17.1. The van der Waals surface area contributed by atoms with Crippen molar-refractivity contribution in [2.24, 2.45) is 5.73 Å². The van der Waals surface area contributed by atoms with Gasteiger partial charge < -0.3 is 16.2 Å². The van der Waals surface area contributed by atoms with Crippen LogP contribution in [0.15, 0.2) is 48.7 Å². The Bertz CT molecular complexity index is 872. The average Bonchev–Trinajstić information content (AvgIpc) is 2.98. The first-order chi connectivity index (χ1) is 11.6. The molecule has 0 aliphatic carbocycles. The van der Waals surface area contributed by atoms with E-state index in [0.717, 1.165) is 22.2 Å². The summed E-state index contributed by atoms with van der Waals surface area (Å²) in [5.41, 5.74) is 9.37. The van der Waals surface area contributed by atoms with Crippen molar-refractivity contribution < 1.29 is 9.90 Å². The van der Waals surface area contributed by atoms with E-state index in [-0.39, 0.29) is 18.9 Å². The van der Waals surface area contributed by atoms with Gasteiger partial charge in [0.25, 0.3) is 0 Å². The molecule has 124 valence electrons. The van der Waals surface area contributed by atoms with Crippen LogP contribution >= 0.6 is 0 Å². The lowest BCUT2D eigenvalue weighted by atomic mass is 10.2. The summed E-state index contributed by atoms with van der Waals surface area (Å²) >= 11 is 0. The van der Waals surface area contributed by atoms with E-state index in [4.69, 9.17) is 10.8 Å². The number of hydrogen-bond donors (Lipinski definition) is 3. The Morgan fingerprint density at radius 1 is 1.33 bits per heavy atom. The number of benzene rings is 2. The predicted molar refractivity (Wildman–Crippen MR) is 94.1 cm³/mol. The Labute approximate surface area is 139 Å².